The summed E-state index contributed by atoms with van der Waals surface area (Å²) in [6.07, 6.45) is 0.686. The number of nitrogens with two attached hydrogens (primary N) is 1. The van der Waals surface area contributed by atoms with Crippen LogP contribution in [0.2, 0.25) is 0 Å². The zero-order valence-electron chi connectivity index (χ0n) is 10.6. The van der Waals surface area contributed by atoms with Crippen LogP contribution in [0.3, 0.4) is 0 Å². The van der Waals surface area contributed by atoms with Gasteiger partial charge in [-0.2, -0.15) is 0 Å². The number of hydrogen-bond donors (Lipinski definition) is 4. The van der Waals surface area contributed by atoms with Crippen molar-refractivity contribution >= 4 is 11.9 Å². The van der Waals surface area contributed by atoms with E-state index in [0.29, 0.717) is 26.1 Å². The van der Waals surface area contributed by atoms with Crippen LogP contribution in [0.4, 0.5) is 4.79 Å². The summed E-state index contributed by atoms with van der Waals surface area (Å²) in [6, 6.07) is 7.28. The second-order valence-electron chi connectivity index (χ2n) is 4.49. The lowest BCUT2D eigenvalue weighted by Gasteiger charge is -2.25. The first-order valence-electron chi connectivity index (χ1n) is 6.28. The number of benzene rings is 1. The molecule has 1 aromatic rings. The second kappa shape index (κ2) is 6.19. The first kappa shape index (κ1) is 13.4. The van der Waals surface area contributed by atoms with Gasteiger partial charge in [0.2, 0.25) is 5.91 Å². The molecule has 1 atom stereocenters. The lowest BCUT2D eigenvalue weighted by atomic mass is 9.95. The monoisotopic (exact) mass is 262 g/mol. The quantitative estimate of drug-likeness (QED) is 0.550. The molecule has 0 saturated heterocycles. The summed E-state index contributed by atoms with van der Waals surface area (Å²) < 4.78 is 0. The number of carbonyl (C=O) groups excluding carboxylic acids is 2. The van der Waals surface area contributed by atoms with Gasteiger partial charge in [-0.05, 0) is 17.5 Å². The third-order valence-corrected chi connectivity index (χ3v) is 3.12. The summed E-state index contributed by atoms with van der Waals surface area (Å²) in [5.74, 6) is -0.0548. The summed E-state index contributed by atoms with van der Waals surface area (Å²) >= 11 is 0. The fourth-order valence-corrected chi connectivity index (χ4v) is 2.13. The molecular weight excluding hydrogens is 244 g/mol. The molecule has 1 aliphatic rings. The van der Waals surface area contributed by atoms with Crippen molar-refractivity contribution in [1.29, 1.82) is 0 Å². The SMILES string of the molecule is NC(=O)NCCNC(=O)[C@@H]1Cc2ccccc2CN1. The van der Waals surface area contributed by atoms with Crippen LogP contribution in [0, 0.1) is 0 Å². The minimum Gasteiger partial charge on any atom is -0.353 e. The van der Waals surface area contributed by atoms with Crippen LogP contribution in [0.15, 0.2) is 24.3 Å². The van der Waals surface area contributed by atoms with Gasteiger partial charge in [-0.3, -0.25) is 4.79 Å². The number of hydrogen-bond acceptors (Lipinski definition) is 3. The third kappa shape index (κ3) is 3.69. The second-order valence-corrected chi connectivity index (χ2v) is 4.49. The molecule has 102 valence electrons. The molecule has 1 heterocycles. The molecule has 1 aromatic carbocycles. The fraction of sp³-hybridized carbons (Fsp3) is 0.385. The average molecular weight is 262 g/mol. The van der Waals surface area contributed by atoms with Crippen molar-refractivity contribution in [3.8, 4) is 0 Å². The van der Waals surface area contributed by atoms with E-state index in [1.165, 1.54) is 11.1 Å². The molecule has 0 fully saturated rings. The van der Waals surface area contributed by atoms with Crippen LogP contribution in [0.1, 0.15) is 11.1 Å². The van der Waals surface area contributed by atoms with Gasteiger partial charge in [-0.25, -0.2) is 4.79 Å². The molecule has 6 heteroatoms. The standard InChI is InChI=1S/C13H18N4O2/c14-13(19)16-6-5-15-12(18)11-7-9-3-1-2-4-10(9)8-17-11/h1-4,11,17H,5-8H2,(H,15,18)(H3,14,16,19)/t11-/m0/s1. The number of urea groups is 1. The number of fused-ring (bicyclic) bond motifs is 1. The fourth-order valence-electron chi connectivity index (χ4n) is 2.13. The van der Waals surface area contributed by atoms with Crippen molar-refractivity contribution in [3.05, 3.63) is 35.4 Å². The summed E-state index contributed by atoms with van der Waals surface area (Å²) in [4.78, 5) is 22.4. The molecule has 5 N–H and O–H groups in total. The number of rotatable bonds is 4. The normalized spacial score (nSPS) is 17.4. The van der Waals surface area contributed by atoms with Crippen molar-refractivity contribution < 1.29 is 9.59 Å². The van der Waals surface area contributed by atoms with E-state index in [9.17, 15) is 9.59 Å². The van der Waals surface area contributed by atoms with Crippen molar-refractivity contribution in [1.82, 2.24) is 16.0 Å². The number of nitrogens with one attached hydrogen (secondary N) is 3. The Hall–Kier alpha value is -2.08. The Bertz CT molecular complexity index is 475. The highest BCUT2D eigenvalue weighted by atomic mass is 16.2. The van der Waals surface area contributed by atoms with Crippen LogP contribution in [-0.2, 0) is 17.8 Å². The summed E-state index contributed by atoms with van der Waals surface area (Å²) in [5, 5.41) is 8.39. The highest BCUT2D eigenvalue weighted by Gasteiger charge is 2.23. The van der Waals surface area contributed by atoms with Gasteiger partial charge in [-0.1, -0.05) is 24.3 Å². The van der Waals surface area contributed by atoms with Gasteiger partial charge in [0.05, 0.1) is 6.04 Å². The largest absolute Gasteiger partial charge is 0.353 e. The number of amides is 3. The van der Waals surface area contributed by atoms with Crippen LogP contribution in [-0.4, -0.2) is 31.1 Å². The molecule has 6 nitrogen and oxygen atoms in total. The summed E-state index contributed by atoms with van der Waals surface area (Å²) in [7, 11) is 0. The predicted octanol–water partition coefficient (Wildman–Crippen LogP) is -0.515. The minimum atomic E-state index is -0.584. The van der Waals surface area contributed by atoms with Gasteiger partial charge in [0.25, 0.3) is 0 Å². The number of carbonyl (C=O) groups is 2. The lowest BCUT2D eigenvalue weighted by molar-refractivity contribution is -0.123. The van der Waals surface area contributed by atoms with Gasteiger partial charge >= 0.3 is 6.03 Å². The van der Waals surface area contributed by atoms with E-state index in [-0.39, 0.29) is 11.9 Å². The minimum absolute atomic E-state index is 0.0548. The maximum absolute atomic E-state index is 11.9. The molecule has 0 spiro atoms. The zero-order valence-corrected chi connectivity index (χ0v) is 10.6. The maximum Gasteiger partial charge on any atom is 0.312 e. The van der Waals surface area contributed by atoms with Crippen LogP contribution < -0.4 is 21.7 Å². The zero-order chi connectivity index (χ0) is 13.7. The Labute approximate surface area is 111 Å². The van der Waals surface area contributed by atoms with Gasteiger partial charge < -0.3 is 21.7 Å². The molecule has 2 rings (SSSR count). The third-order valence-electron chi connectivity index (χ3n) is 3.12. The molecule has 0 bridgehead atoms. The molecule has 0 unspecified atom stereocenters. The topological polar surface area (TPSA) is 96.2 Å². The van der Waals surface area contributed by atoms with E-state index in [4.69, 9.17) is 5.73 Å². The highest BCUT2D eigenvalue weighted by Crippen LogP contribution is 2.16. The van der Waals surface area contributed by atoms with Crippen LogP contribution in [0.5, 0.6) is 0 Å². The Balaban J connectivity index is 1.80. The Morgan fingerprint density at radius 3 is 2.63 bits per heavy atom. The van der Waals surface area contributed by atoms with Crippen LogP contribution in [0.25, 0.3) is 0 Å². The van der Waals surface area contributed by atoms with Gasteiger partial charge in [0.15, 0.2) is 0 Å². The van der Waals surface area contributed by atoms with E-state index >= 15 is 0 Å². The van der Waals surface area contributed by atoms with Crippen molar-refractivity contribution in [2.75, 3.05) is 13.1 Å². The van der Waals surface area contributed by atoms with E-state index < -0.39 is 6.03 Å². The van der Waals surface area contributed by atoms with E-state index in [2.05, 4.69) is 22.0 Å². The summed E-state index contributed by atoms with van der Waals surface area (Å²) in [5.41, 5.74) is 7.37. The first-order chi connectivity index (χ1) is 9.16. The predicted molar refractivity (Wildman–Crippen MR) is 71.4 cm³/mol. The van der Waals surface area contributed by atoms with Crippen molar-refractivity contribution in [2.24, 2.45) is 5.73 Å². The molecule has 0 radical (unpaired) electrons. The van der Waals surface area contributed by atoms with Crippen molar-refractivity contribution in [2.45, 2.75) is 19.0 Å². The molecule has 0 aromatic heterocycles. The Morgan fingerprint density at radius 1 is 1.21 bits per heavy atom. The van der Waals surface area contributed by atoms with Crippen LogP contribution >= 0.6 is 0 Å². The van der Waals surface area contributed by atoms with Gasteiger partial charge in [-0.15, -0.1) is 0 Å². The maximum atomic E-state index is 11.9. The molecule has 19 heavy (non-hydrogen) atoms. The molecule has 0 saturated carbocycles. The average Bonchev–Trinajstić information content (AvgIpc) is 2.42. The highest BCUT2D eigenvalue weighted by molar-refractivity contribution is 5.82. The Morgan fingerprint density at radius 2 is 1.89 bits per heavy atom. The van der Waals surface area contributed by atoms with E-state index in [1.807, 2.05) is 18.2 Å². The van der Waals surface area contributed by atoms with Gasteiger partial charge in [0.1, 0.15) is 0 Å². The van der Waals surface area contributed by atoms with E-state index in [0.717, 1.165) is 0 Å². The smallest absolute Gasteiger partial charge is 0.312 e. The molecule has 0 aliphatic carbocycles. The first-order valence-corrected chi connectivity index (χ1v) is 6.28. The number of primary amides is 1. The molecule has 1 aliphatic heterocycles. The molecule has 3 amide bonds. The van der Waals surface area contributed by atoms with Crippen molar-refractivity contribution in [3.63, 3.8) is 0 Å². The van der Waals surface area contributed by atoms with Gasteiger partial charge in [0, 0.05) is 19.6 Å². The summed E-state index contributed by atoms with van der Waals surface area (Å²) in [6.45, 7) is 1.42. The molecular formula is C13H18N4O2. The Kier molecular flexibility index (Phi) is 4.35. The lowest BCUT2D eigenvalue weighted by Crippen LogP contribution is -2.49. The van der Waals surface area contributed by atoms with E-state index in [1.54, 1.807) is 0 Å².